The summed E-state index contributed by atoms with van der Waals surface area (Å²) in [7, 11) is 0. The first-order valence-electron chi connectivity index (χ1n) is 12.8. The number of amides is 2. The number of imidazole rings is 1. The first-order chi connectivity index (χ1) is 18.7. The number of ether oxygens (including phenoxy) is 1. The predicted molar refractivity (Wildman–Crippen MR) is 143 cm³/mol. The normalized spacial score (nSPS) is 12.4. The number of unbranched alkanes of at least 4 members (excludes halogenated alkanes) is 3. The number of hydrogen-bond acceptors (Lipinski definition) is 9. The molecule has 0 spiro atoms. The molecule has 2 aromatic rings. The number of rotatable bonds is 18. The Morgan fingerprint density at radius 3 is 2.64 bits per heavy atom. The second-order valence-electron chi connectivity index (χ2n) is 8.92. The standard InChI is InChI=1S/C23H38N10O6/c24-15(19(34)32-16(21(36)37)8-6-10-27-22(25)26)7-2-3-9-28-23(38)39-12-5-1-4-11-33-14-31-17-18(33)29-13-30-20(17)35/h13-16H,1-12,24H2,(H,28,38)(H,32,34)(H,36,37)(H4,25,26,27)(H,29,30,35)/t15-,16-/m0/s1. The Balaban J connectivity index is 1.51. The number of alkyl carbamates (subject to hydrolysis) is 1. The molecular weight excluding hydrogens is 512 g/mol. The monoisotopic (exact) mass is 550 g/mol. The molecule has 0 aromatic carbocycles. The molecule has 0 aliphatic rings. The van der Waals surface area contributed by atoms with Gasteiger partial charge in [-0.15, -0.1) is 0 Å². The summed E-state index contributed by atoms with van der Waals surface area (Å²) in [6.45, 7) is 1.54. The number of guanidine groups is 1. The number of fused-ring (bicyclic) bond motifs is 1. The van der Waals surface area contributed by atoms with E-state index >= 15 is 0 Å². The van der Waals surface area contributed by atoms with Gasteiger partial charge in [0.05, 0.1) is 25.3 Å². The summed E-state index contributed by atoms with van der Waals surface area (Å²) in [5, 5.41) is 14.4. The Labute approximate surface area is 224 Å². The van der Waals surface area contributed by atoms with E-state index in [1.54, 1.807) is 6.33 Å². The lowest BCUT2D eigenvalue weighted by molar-refractivity contribution is -0.142. The number of nitrogens with two attached hydrogens (primary N) is 3. The van der Waals surface area contributed by atoms with Gasteiger partial charge in [-0.2, -0.15) is 0 Å². The maximum absolute atomic E-state index is 12.2. The average molecular weight is 551 g/mol. The second-order valence-corrected chi connectivity index (χ2v) is 8.92. The molecule has 0 saturated heterocycles. The van der Waals surface area contributed by atoms with Gasteiger partial charge in [0, 0.05) is 19.6 Å². The maximum Gasteiger partial charge on any atom is 0.407 e. The fourth-order valence-corrected chi connectivity index (χ4v) is 3.68. The van der Waals surface area contributed by atoms with Crippen LogP contribution in [0.1, 0.15) is 51.4 Å². The summed E-state index contributed by atoms with van der Waals surface area (Å²) in [5.74, 6) is -1.80. The van der Waals surface area contributed by atoms with Crippen molar-refractivity contribution in [2.45, 2.75) is 70.0 Å². The summed E-state index contributed by atoms with van der Waals surface area (Å²) in [6.07, 6.45) is 6.73. The van der Waals surface area contributed by atoms with E-state index in [4.69, 9.17) is 21.9 Å². The zero-order valence-corrected chi connectivity index (χ0v) is 21.8. The Hall–Kier alpha value is -4.21. The Bertz CT molecular complexity index is 1160. The van der Waals surface area contributed by atoms with Crippen LogP contribution < -0.4 is 33.4 Å². The van der Waals surface area contributed by atoms with Gasteiger partial charge in [0.1, 0.15) is 6.04 Å². The first kappa shape index (κ1) is 31.0. The van der Waals surface area contributed by atoms with Crippen LogP contribution >= 0.6 is 0 Å². The highest BCUT2D eigenvalue weighted by Crippen LogP contribution is 2.07. The van der Waals surface area contributed by atoms with Crippen molar-refractivity contribution < 1.29 is 24.2 Å². The maximum atomic E-state index is 12.2. The lowest BCUT2D eigenvalue weighted by Crippen LogP contribution is -2.48. The fraction of sp³-hybridized carbons (Fsp3) is 0.609. The van der Waals surface area contributed by atoms with Gasteiger partial charge in [0.15, 0.2) is 17.1 Å². The lowest BCUT2D eigenvalue weighted by atomic mass is 10.1. The molecular formula is C23H38N10O6. The van der Waals surface area contributed by atoms with Gasteiger partial charge >= 0.3 is 12.1 Å². The zero-order chi connectivity index (χ0) is 28.6. The molecule has 2 amide bonds. The third-order valence-corrected chi connectivity index (χ3v) is 5.79. The molecule has 2 rings (SSSR count). The van der Waals surface area contributed by atoms with E-state index in [9.17, 15) is 24.3 Å². The van der Waals surface area contributed by atoms with Crippen LogP contribution in [-0.2, 0) is 20.9 Å². The van der Waals surface area contributed by atoms with Crippen molar-refractivity contribution in [1.82, 2.24) is 30.2 Å². The number of hydrogen-bond donors (Lipinski definition) is 7. The number of nitrogens with one attached hydrogen (secondary N) is 3. The van der Waals surface area contributed by atoms with Gasteiger partial charge in [-0.3, -0.25) is 14.6 Å². The summed E-state index contributed by atoms with van der Waals surface area (Å²) in [6, 6.07) is -1.95. The highest BCUT2D eigenvalue weighted by atomic mass is 16.5. The van der Waals surface area contributed by atoms with Gasteiger partial charge in [-0.25, -0.2) is 19.6 Å². The molecule has 16 nitrogen and oxygen atoms in total. The van der Waals surface area contributed by atoms with Crippen molar-refractivity contribution in [2.24, 2.45) is 22.2 Å². The smallest absolute Gasteiger partial charge is 0.407 e. The number of H-pyrrole nitrogens is 1. The Morgan fingerprint density at radius 1 is 1.10 bits per heavy atom. The number of carboxylic acid groups (broad SMARTS) is 1. The van der Waals surface area contributed by atoms with Crippen molar-refractivity contribution in [3.63, 3.8) is 0 Å². The molecule has 0 radical (unpaired) electrons. The molecule has 2 atom stereocenters. The molecule has 0 fully saturated rings. The van der Waals surface area contributed by atoms with Crippen molar-refractivity contribution in [1.29, 1.82) is 0 Å². The molecule has 39 heavy (non-hydrogen) atoms. The summed E-state index contributed by atoms with van der Waals surface area (Å²) >= 11 is 0. The molecule has 2 heterocycles. The van der Waals surface area contributed by atoms with Crippen LogP contribution in [-0.4, -0.2) is 80.3 Å². The van der Waals surface area contributed by atoms with E-state index in [1.807, 2.05) is 4.57 Å². The molecule has 0 saturated carbocycles. The Morgan fingerprint density at radius 2 is 1.90 bits per heavy atom. The Kier molecular flexibility index (Phi) is 13.2. The summed E-state index contributed by atoms with van der Waals surface area (Å²) in [4.78, 5) is 61.6. The van der Waals surface area contributed by atoms with E-state index in [0.29, 0.717) is 56.4 Å². The van der Waals surface area contributed by atoms with Gasteiger partial charge in [-0.1, -0.05) is 0 Å². The van der Waals surface area contributed by atoms with Gasteiger partial charge in [0.2, 0.25) is 5.91 Å². The minimum absolute atomic E-state index is 0.0819. The van der Waals surface area contributed by atoms with Crippen LogP contribution in [0, 0.1) is 0 Å². The van der Waals surface area contributed by atoms with Gasteiger partial charge in [0.25, 0.3) is 5.56 Å². The topological polar surface area (TPSA) is 259 Å². The quantitative estimate of drug-likeness (QED) is 0.0682. The SMILES string of the molecule is NC(N)=NCCC[C@H](NC(=O)[C@@H](N)CCCCNC(=O)OCCCCCn1cnc2c(=O)[nH]cnc21)C(=O)O. The highest BCUT2D eigenvalue weighted by Gasteiger charge is 2.22. The van der Waals surface area contributed by atoms with Gasteiger partial charge in [-0.05, 0) is 51.4 Å². The van der Waals surface area contributed by atoms with E-state index < -0.39 is 30.1 Å². The van der Waals surface area contributed by atoms with Crippen LogP contribution in [0.4, 0.5) is 4.79 Å². The van der Waals surface area contributed by atoms with Crippen molar-refractivity contribution in [2.75, 3.05) is 19.7 Å². The van der Waals surface area contributed by atoms with E-state index in [1.165, 1.54) is 6.33 Å². The van der Waals surface area contributed by atoms with E-state index in [-0.39, 0.29) is 31.1 Å². The molecule has 10 N–H and O–H groups in total. The largest absolute Gasteiger partial charge is 0.480 e. The minimum atomic E-state index is -1.16. The fourth-order valence-electron chi connectivity index (χ4n) is 3.68. The van der Waals surface area contributed by atoms with Crippen molar-refractivity contribution in [3.8, 4) is 0 Å². The number of carboxylic acids is 1. The van der Waals surface area contributed by atoms with E-state index in [0.717, 1.165) is 12.8 Å². The van der Waals surface area contributed by atoms with Crippen LogP contribution in [0.5, 0.6) is 0 Å². The third-order valence-electron chi connectivity index (χ3n) is 5.79. The number of aromatic nitrogens is 4. The predicted octanol–water partition coefficient (Wildman–Crippen LogP) is -0.863. The zero-order valence-electron chi connectivity index (χ0n) is 21.8. The highest BCUT2D eigenvalue weighted by molar-refractivity contribution is 5.86. The molecule has 216 valence electrons. The number of carbonyl (C=O) groups is 3. The number of nitrogens with zero attached hydrogens (tertiary/aromatic N) is 4. The number of aromatic amines is 1. The van der Waals surface area contributed by atoms with Crippen LogP contribution in [0.3, 0.4) is 0 Å². The molecule has 16 heteroatoms. The molecule has 2 aromatic heterocycles. The first-order valence-corrected chi connectivity index (χ1v) is 12.8. The summed E-state index contributed by atoms with van der Waals surface area (Å²) in [5.41, 5.74) is 16.9. The van der Waals surface area contributed by atoms with Crippen molar-refractivity contribution >= 4 is 35.1 Å². The van der Waals surface area contributed by atoms with Gasteiger partial charge < -0.3 is 47.2 Å². The van der Waals surface area contributed by atoms with E-state index in [2.05, 4.69) is 30.6 Å². The molecule has 0 bridgehead atoms. The summed E-state index contributed by atoms with van der Waals surface area (Å²) < 4.78 is 6.97. The van der Waals surface area contributed by atoms with Crippen molar-refractivity contribution in [3.05, 3.63) is 23.0 Å². The number of carbonyl (C=O) groups excluding carboxylic acids is 2. The lowest BCUT2D eigenvalue weighted by Gasteiger charge is -2.17. The minimum Gasteiger partial charge on any atom is -0.480 e. The molecule has 0 aliphatic carbocycles. The number of aliphatic imine (C=N–C) groups is 1. The number of aryl methyl sites for hydroxylation is 1. The second kappa shape index (κ2) is 16.6. The molecule has 0 aliphatic heterocycles. The van der Waals surface area contributed by atoms with Crippen LogP contribution in [0.25, 0.3) is 11.2 Å². The third kappa shape index (κ3) is 11.4. The number of aliphatic carboxylic acids is 1. The average Bonchev–Trinajstić information content (AvgIpc) is 3.31. The molecule has 0 unspecified atom stereocenters. The van der Waals surface area contributed by atoms with Crippen LogP contribution in [0.15, 0.2) is 22.4 Å². The van der Waals surface area contributed by atoms with Crippen LogP contribution in [0.2, 0.25) is 0 Å².